The Morgan fingerprint density at radius 2 is 1.92 bits per heavy atom. The van der Waals surface area contributed by atoms with E-state index in [0.29, 0.717) is 5.39 Å². The molecule has 0 radical (unpaired) electrons. The van der Waals surface area contributed by atoms with Crippen LogP contribution >= 0.6 is 11.3 Å². The molecule has 0 N–H and O–H groups in total. The lowest BCUT2D eigenvalue weighted by molar-refractivity contribution is 0.480. The zero-order valence-electron chi connectivity index (χ0n) is 14.1. The van der Waals surface area contributed by atoms with Gasteiger partial charge >= 0.3 is 10.1 Å². The largest absolute Gasteiger partial charge is 0.382 e. The molecule has 0 aliphatic heterocycles. The fraction of sp³-hybridized carbons (Fsp3) is 0.333. The maximum Gasteiger partial charge on any atom is 0.310 e. The molecule has 0 unspecified atom stereocenters. The molecule has 2 aromatic heterocycles. The first kappa shape index (κ1) is 17.2. The van der Waals surface area contributed by atoms with E-state index in [1.807, 2.05) is 0 Å². The van der Waals surface area contributed by atoms with E-state index in [1.165, 1.54) is 15.8 Å². The van der Waals surface area contributed by atoms with Gasteiger partial charge in [0.05, 0.1) is 11.7 Å². The minimum atomic E-state index is -3.79. The Morgan fingerprint density at radius 3 is 2.73 bits per heavy atom. The Hall–Kier alpha value is -2.19. The van der Waals surface area contributed by atoms with Crippen LogP contribution in [0, 0.1) is 0 Å². The number of fused-ring (bicyclic) bond motifs is 3. The second-order valence-electron chi connectivity index (χ2n) is 6.29. The Morgan fingerprint density at radius 1 is 1.15 bits per heavy atom. The number of aryl methyl sites for hydroxylation is 3. The first-order valence-corrected chi connectivity index (χ1v) is 10.9. The zero-order valence-corrected chi connectivity index (χ0v) is 15.7. The summed E-state index contributed by atoms with van der Waals surface area (Å²) in [6, 6.07) is 8.34. The molecule has 26 heavy (non-hydrogen) atoms. The van der Waals surface area contributed by atoms with Crippen LogP contribution in [0.25, 0.3) is 10.2 Å². The lowest BCUT2D eigenvalue weighted by Gasteiger charge is -2.11. The van der Waals surface area contributed by atoms with Crippen molar-refractivity contribution < 1.29 is 12.6 Å². The van der Waals surface area contributed by atoms with Crippen molar-refractivity contribution in [2.45, 2.75) is 32.2 Å². The molecule has 0 amide bonds. The van der Waals surface area contributed by atoms with E-state index < -0.39 is 10.1 Å². The fourth-order valence-electron chi connectivity index (χ4n) is 3.21. The van der Waals surface area contributed by atoms with Gasteiger partial charge in [-0.15, -0.1) is 11.3 Å². The van der Waals surface area contributed by atoms with Crippen LogP contribution in [0.3, 0.4) is 0 Å². The van der Waals surface area contributed by atoms with Gasteiger partial charge in [-0.1, -0.05) is 18.2 Å². The molecule has 0 bridgehead atoms. The lowest BCUT2D eigenvalue weighted by Crippen LogP contribution is -2.26. The van der Waals surface area contributed by atoms with Crippen molar-refractivity contribution in [1.82, 2.24) is 9.55 Å². The third kappa shape index (κ3) is 3.39. The van der Waals surface area contributed by atoms with Crippen molar-refractivity contribution in [2.24, 2.45) is 0 Å². The highest BCUT2D eigenvalue weighted by atomic mass is 32.2. The quantitative estimate of drug-likeness (QED) is 0.626. The third-order valence-corrected chi connectivity index (χ3v) is 6.82. The van der Waals surface area contributed by atoms with Crippen LogP contribution in [0.4, 0.5) is 0 Å². The van der Waals surface area contributed by atoms with E-state index in [-0.39, 0.29) is 23.6 Å². The summed E-state index contributed by atoms with van der Waals surface area (Å²) in [5.41, 5.74) is 0.941. The number of rotatable bonds is 5. The predicted molar refractivity (Wildman–Crippen MR) is 101 cm³/mol. The number of benzene rings is 1. The van der Waals surface area contributed by atoms with Gasteiger partial charge in [0.2, 0.25) is 0 Å². The third-order valence-electron chi connectivity index (χ3n) is 4.49. The van der Waals surface area contributed by atoms with Crippen molar-refractivity contribution in [3.05, 3.63) is 57.5 Å². The summed E-state index contributed by atoms with van der Waals surface area (Å²) in [7, 11) is -3.79. The molecule has 0 spiro atoms. The molecule has 1 aliphatic carbocycles. The van der Waals surface area contributed by atoms with Gasteiger partial charge in [0, 0.05) is 11.4 Å². The van der Waals surface area contributed by atoms with Gasteiger partial charge < -0.3 is 4.18 Å². The standard InChI is InChI=1S/C18H18N2O4S2/c21-18-16-14-8-4-5-9-15(14)25-17(16)19-12-20(18)10-11-26(22,23)24-13-6-2-1-3-7-13/h1-3,6-7,12H,4-5,8-11H2. The number of hydrogen-bond acceptors (Lipinski definition) is 6. The Kier molecular flexibility index (Phi) is 4.54. The molecule has 1 aromatic carbocycles. The van der Waals surface area contributed by atoms with E-state index in [1.54, 1.807) is 41.7 Å². The molecule has 2 heterocycles. The minimum absolute atomic E-state index is 0.0154. The van der Waals surface area contributed by atoms with Crippen LogP contribution in [0.1, 0.15) is 23.3 Å². The van der Waals surface area contributed by atoms with Crippen molar-refractivity contribution in [3.63, 3.8) is 0 Å². The second-order valence-corrected chi connectivity index (χ2v) is 9.07. The van der Waals surface area contributed by atoms with Crippen LogP contribution in [0.15, 0.2) is 41.5 Å². The molecule has 8 heteroatoms. The summed E-state index contributed by atoms with van der Waals surface area (Å²) in [5.74, 6) is -0.0262. The Balaban J connectivity index is 1.58. The molecule has 136 valence electrons. The highest BCUT2D eigenvalue weighted by molar-refractivity contribution is 7.87. The number of thiophene rings is 1. The summed E-state index contributed by atoms with van der Waals surface area (Å²) in [6.07, 6.45) is 5.54. The maximum atomic E-state index is 12.8. The van der Waals surface area contributed by atoms with Crippen LogP contribution in [0.5, 0.6) is 5.75 Å². The van der Waals surface area contributed by atoms with Gasteiger partial charge in [0.25, 0.3) is 5.56 Å². The molecule has 3 aromatic rings. The summed E-state index contributed by atoms with van der Waals surface area (Å²) in [4.78, 5) is 19.2. The van der Waals surface area contributed by atoms with Gasteiger partial charge in [-0.25, -0.2) is 4.98 Å². The van der Waals surface area contributed by atoms with Crippen molar-refractivity contribution in [3.8, 4) is 5.75 Å². The Bertz CT molecular complexity index is 1100. The molecular formula is C18H18N2O4S2. The van der Waals surface area contributed by atoms with Gasteiger partial charge in [-0.2, -0.15) is 8.42 Å². The number of para-hydroxylation sites is 1. The zero-order chi connectivity index (χ0) is 18.1. The number of aromatic nitrogens is 2. The monoisotopic (exact) mass is 390 g/mol. The second kappa shape index (κ2) is 6.85. The molecule has 0 saturated heterocycles. The van der Waals surface area contributed by atoms with Gasteiger partial charge in [-0.3, -0.25) is 9.36 Å². The van der Waals surface area contributed by atoms with Crippen molar-refractivity contribution >= 4 is 31.7 Å². The lowest BCUT2D eigenvalue weighted by atomic mass is 9.97. The summed E-state index contributed by atoms with van der Waals surface area (Å²) in [6.45, 7) is 0.0154. The average molecular weight is 390 g/mol. The van der Waals surface area contributed by atoms with Crippen LogP contribution in [-0.4, -0.2) is 23.7 Å². The average Bonchev–Trinajstić information content (AvgIpc) is 3.01. The molecule has 6 nitrogen and oxygen atoms in total. The molecule has 4 rings (SSSR count). The highest BCUT2D eigenvalue weighted by Crippen LogP contribution is 2.33. The maximum absolute atomic E-state index is 12.8. The summed E-state index contributed by atoms with van der Waals surface area (Å²) >= 11 is 1.58. The van der Waals surface area contributed by atoms with Gasteiger partial charge in [0.15, 0.2) is 0 Å². The first-order chi connectivity index (χ1) is 12.5. The molecule has 0 fully saturated rings. The summed E-state index contributed by atoms with van der Waals surface area (Å²) in [5, 5.41) is 0.661. The summed E-state index contributed by atoms with van der Waals surface area (Å²) < 4.78 is 30.8. The first-order valence-electron chi connectivity index (χ1n) is 8.50. The van der Waals surface area contributed by atoms with Crippen molar-refractivity contribution in [1.29, 1.82) is 0 Å². The highest BCUT2D eigenvalue weighted by Gasteiger charge is 2.21. The Labute approximate surface area is 155 Å². The molecule has 0 saturated carbocycles. The van der Waals surface area contributed by atoms with Gasteiger partial charge in [0.1, 0.15) is 16.3 Å². The van der Waals surface area contributed by atoms with Crippen LogP contribution < -0.4 is 9.74 Å². The van der Waals surface area contributed by atoms with Crippen LogP contribution in [-0.2, 0) is 29.5 Å². The normalized spacial score (nSPS) is 14.3. The van der Waals surface area contributed by atoms with Crippen LogP contribution in [0.2, 0.25) is 0 Å². The minimum Gasteiger partial charge on any atom is -0.382 e. The van der Waals surface area contributed by atoms with E-state index in [2.05, 4.69) is 4.98 Å². The SMILES string of the molecule is O=c1c2c3c(sc2ncn1CCS(=O)(=O)Oc1ccccc1)CCCC3. The molecule has 0 atom stereocenters. The smallest absolute Gasteiger partial charge is 0.310 e. The van der Waals surface area contributed by atoms with E-state index in [4.69, 9.17) is 4.18 Å². The van der Waals surface area contributed by atoms with Crippen molar-refractivity contribution in [2.75, 3.05) is 5.75 Å². The van der Waals surface area contributed by atoms with E-state index in [9.17, 15) is 13.2 Å². The molecule has 1 aliphatic rings. The molecular weight excluding hydrogens is 372 g/mol. The predicted octanol–water partition coefficient (Wildman–Crippen LogP) is 2.75. The topological polar surface area (TPSA) is 78.3 Å². The van der Waals surface area contributed by atoms with E-state index >= 15 is 0 Å². The number of hydrogen-bond donors (Lipinski definition) is 0. The van der Waals surface area contributed by atoms with Gasteiger partial charge in [-0.05, 0) is 43.4 Å². The number of nitrogens with zero attached hydrogens (tertiary/aromatic N) is 2. The fourth-order valence-corrected chi connectivity index (χ4v) is 5.34. The van der Waals surface area contributed by atoms with E-state index in [0.717, 1.165) is 36.1 Å².